The third kappa shape index (κ3) is 2.00. The van der Waals surface area contributed by atoms with Gasteiger partial charge in [0, 0.05) is 15.4 Å². The number of benzene rings is 1. The van der Waals surface area contributed by atoms with Crippen molar-refractivity contribution in [3.05, 3.63) is 38.9 Å². The van der Waals surface area contributed by atoms with Gasteiger partial charge in [-0.05, 0) is 37.5 Å². The van der Waals surface area contributed by atoms with Crippen molar-refractivity contribution < 1.29 is 4.39 Å². The first-order chi connectivity index (χ1) is 8.58. The molecular weight excluding hydrogens is 315 g/mol. The molecule has 0 atom stereocenters. The molecule has 0 unspecified atom stereocenters. The molecule has 2 aromatic rings. The molecule has 1 aliphatic carbocycles. The number of rotatable bonds is 2. The van der Waals surface area contributed by atoms with E-state index >= 15 is 0 Å². The summed E-state index contributed by atoms with van der Waals surface area (Å²) in [6.45, 7) is 0. The summed E-state index contributed by atoms with van der Waals surface area (Å²) in [6.07, 6.45) is 3.10. The smallest absolute Gasteiger partial charge is 0.133 e. The molecule has 2 N–H and O–H groups in total. The van der Waals surface area contributed by atoms with Crippen LogP contribution >= 0.6 is 27.3 Å². The van der Waals surface area contributed by atoms with Gasteiger partial charge in [-0.15, -0.1) is 11.3 Å². The zero-order valence-corrected chi connectivity index (χ0v) is 12.0. The molecule has 18 heavy (non-hydrogen) atoms. The van der Waals surface area contributed by atoms with Gasteiger partial charge in [0.25, 0.3) is 0 Å². The van der Waals surface area contributed by atoms with Crippen LogP contribution in [0.2, 0.25) is 0 Å². The lowest BCUT2D eigenvalue weighted by atomic mass is 9.78. The molecule has 0 aliphatic heterocycles. The Bertz CT molecular complexity index is 592. The van der Waals surface area contributed by atoms with Crippen LogP contribution in [0.25, 0.3) is 11.3 Å². The fourth-order valence-electron chi connectivity index (χ4n) is 2.09. The first kappa shape index (κ1) is 12.3. The molecule has 3 rings (SSSR count). The minimum atomic E-state index is -0.269. The Labute approximate surface area is 117 Å². The van der Waals surface area contributed by atoms with Gasteiger partial charge in [-0.2, -0.15) is 0 Å². The number of hydrogen-bond acceptors (Lipinski definition) is 3. The van der Waals surface area contributed by atoms with Crippen LogP contribution in [0.5, 0.6) is 0 Å². The van der Waals surface area contributed by atoms with E-state index in [0.717, 1.165) is 28.7 Å². The van der Waals surface area contributed by atoms with Crippen LogP contribution in [-0.2, 0) is 5.54 Å². The van der Waals surface area contributed by atoms with Gasteiger partial charge in [-0.1, -0.05) is 15.9 Å². The summed E-state index contributed by atoms with van der Waals surface area (Å²) in [6, 6.07) is 5.01. The second-order valence-electron chi connectivity index (χ2n) is 4.67. The van der Waals surface area contributed by atoms with E-state index < -0.39 is 0 Å². The maximum Gasteiger partial charge on any atom is 0.133 e. The van der Waals surface area contributed by atoms with Gasteiger partial charge >= 0.3 is 0 Å². The summed E-state index contributed by atoms with van der Waals surface area (Å²) in [5.74, 6) is -0.263. The second kappa shape index (κ2) is 4.40. The molecule has 0 saturated heterocycles. The number of hydrogen-bond donors (Lipinski definition) is 1. The Hall–Kier alpha value is -0.780. The normalized spacial score (nSPS) is 17.5. The van der Waals surface area contributed by atoms with Crippen molar-refractivity contribution in [2.75, 3.05) is 0 Å². The van der Waals surface area contributed by atoms with Gasteiger partial charge in [0.1, 0.15) is 10.8 Å². The molecule has 0 radical (unpaired) electrons. The molecule has 1 aromatic carbocycles. The molecule has 1 fully saturated rings. The number of aromatic nitrogens is 1. The van der Waals surface area contributed by atoms with Gasteiger partial charge in [0.15, 0.2) is 0 Å². The largest absolute Gasteiger partial charge is 0.319 e. The first-order valence-corrected chi connectivity index (χ1v) is 7.46. The third-order valence-corrected chi connectivity index (χ3v) is 4.94. The highest BCUT2D eigenvalue weighted by Gasteiger charge is 2.37. The van der Waals surface area contributed by atoms with Crippen LogP contribution in [0.1, 0.15) is 24.3 Å². The van der Waals surface area contributed by atoms with Crippen LogP contribution in [0.3, 0.4) is 0 Å². The number of nitrogens with zero attached hydrogens (tertiary/aromatic N) is 1. The molecule has 1 heterocycles. The van der Waals surface area contributed by atoms with Crippen molar-refractivity contribution in [2.45, 2.75) is 24.8 Å². The van der Waals surface area contributed by atoms with Crippen LogP contribution in [-0.4, -0.2) is 4.98 Å². The summed E-state index contributed by atoms with van der Waals surface area (Å²) in [7, 11) is 0. The van der Waals surface area contributed by atoms with Gasteiger partial charge in [0.2, 0.25) is 0 Å². The van der Waals surface area contributed by atoms with Gasteiger partial charge in [-0.3, -0.25) is 0 Å². The second-order valence-corrected chi connectivity index (χ2v) is 6.45. The molecule has 0 bridgehead atoms. The lowest BCUT2D eigenvalue weighted by Crippen LogP contribution is -2.43. The van der Waals surface area contributed by atoms with E-state index in [1.54, 1.807) is 6.07 Å². The summed E-state index contributed by atoms with van der Waals surface area (Å²) in [5.41, 5.74) is 7.16. The van der Waals surface area contributed by atoms with Crippen LogP contribution in [0.15, 0.2) is 28.1 Å². The summed E-state index contributed by atoms with van der Waals surface area (Å²) >= 11 is 4.77. The van der Waals surface area contributed by atoms with E-state index in [4.69, 9.17) is 5.73 Å². The Morgan fingerprint density at radius 3 is 2.78 bits per heavy atom. The number of halogens is 2. The average Bonchev–Trinajstić information content (AvgIpc) is 2.75. The Morgan fingerprint density at radius 1 is 1.39 bits per heavy atom. The maximum atomic E-state index is 13.8. The zero-order chi connectivity index (χ0) is 12.8. The van der Waals surface area contributed by atoms with E-state index in [-0.39, 0.29) is 11.4 Å². The maximum absolute atomic E-state index is 13.8. The fourth-order valence-corrected chi connectivity index (χ4v) is 3.42. The number of thiazole rings is 1. The molecule has 5 heteroatoms. The van der Waals surface area contributed by atoms with E-state index in [9.17, 15) is 4.39 Å². The minimum Gasteiger partial charge on any atom is -0.319 e. The Balaban J connectivity index is 1.97. The van der Waals surface area contributed by atoms with E-state index in [0.29, 0.717) is 11.3 Å². The first-order valence-electron chi connectivity index (χ1n) is 5.79. The molecule has 1 aliphatic rings. The van der Waals surface area contributed by atoms with Gasteiger partial charge in [0.05, 0.1) is 11.2 Å². The number of nitrogens with two attached hydrogens (primary N) is 1. The zero-order valence-electron chi connectivity index (χ0n) is 9.62. The molecule has 0 amide bonds. The predicted octanol–water partition coefficient (Wildman–Crippen LogP) is 4.05. The van der Waals surface area contributed by atoms with Crippen molar-refractivity contribution in [2.24, 2.45) is 5.73 Å². The van der Waals surface area contributed by atoms with E-state index in [1.807, 2.05) is 11.4 Å². The summed E-state index contributed by atoms with van der Waals surface area (Å²) in [5, 5.41) is 2.81. The SMILES string of the molecule is NC1(c2nc(-c3ccc(Br)cc3F)cs2)CCC1. The molecule has 0 spiro atoms. The lowest BCUT2D eigenvalue weighted by molar-refractivity contribution is 0.253. The minimum absolute atomic E-state index is 0.263. The standard InChI is InChI=1S/C13H12BrFN2S/c14-8-2-3-9(10(15)6-8)11-7-18-12(17-11)13(16)4-1-5-13/h2-3,6-7H,1,4-5,16H2. The van der Waals surface area contributed by atoms with Crippen molar-refractivity contribution in [1.29, 1.82) is 0 Å². The van der Waals surface area contributed by atoms with Crippen LogP contribution in [0, 0.1) is 5.82 Å². The highest BCUT2D eigenvalue weighted by atomic mass is 79.9. The van der Waals surface area contributed by atoms with Crippen molar-refractivity contribution >= 4 is 27.3 Å². The van der Waals surface area contributed by atoms with Crippen LogP contribution in [0.4, 0.5) is 4.39 Å². The lowest BCUT2D eigenvalue weighted by Gasteiger charge is -2.35. The topological polar surface area (TPSA) is 38.9 Å². The average molecular weight is 327 g/mol. The molecule has 1 aromatic heterocycles. The van der Waals surface area contributed by atoms with Gasteiger partial charge < -0.3 is 5.73 Å². The third-order valence-electron chi connectivity index (χ3n) is 3.38. The van der Waals surface area contributed by atoms with Gasteiger partial charge in [-0.25, -0.2) is 9.37 Å². The molecule has 1 saturated carbocycles. The van der Waals surface area contributed by atoms with Crippen LogP contribution < -0.4 is 5.73 Å². The van der Waals surface area contributed by atoms with Crippen molar-refractivity contribution in [1.82, 2.24) is 4.98 Å². The Kier molecular flexibility index (Phi) is 3.00. The fraction of sp³-hybridized carbons (Fsp3) is 0.308. The summed E-state index contributed by atoms with van der Waals surface area (Å²) < 4.78 is 14.6. The molecular formula is C13H12BrFN2S. The van der Waals surface area contributed by atoms with Crippen molar-refractivity contribution in [3.8, 4) is 11.3 Å². The Morgan fingerprint density at radius 2 is 2.17 bits per heavy atom. The van der Waals surface area contributed by atoms with E-state index in [1.165, 1.54) is 17.4 Å². The summed E-state index contributed by atoms with van der Waals surface area (Å²) in [4.78, 5) is 4.50. The molecule has 2 nitrogen and oxygen atoms in total. The highest BCUT2D eigenvalue weighted by Crippen LogP contribution is 2.41. The quantitative estimate of drug-likeness (QED) is 0.904. The van der Waals surface area contributed by atoms with Crippen molar-refractivity contribution in [3.63, 3.8) is 0 Å². The predicted molar refractivity (Wildman–Crippen MR) is 74.9 cm³/mol. The van der Waals surface area contributed by atoms with E-state index in [2.05, 4.69) is 20.9 Å². The monoisotopic (exact) mass is 326 g/mol. The highest BCUT2D eigenvalue weighted by molar-refractivity contribution is 9.10. The molecule has 94 valence electrons.